The molecule has 3 heterocycles. The zero-order valence-electron chi connectivity index (χ0n) is 17.9. The Morgan fingerprint density at radius 1 is 0.970 bits per heavy atom. The highest BCUT2D eigenvalue weighted by Crippen LogP contribution is 2.25. The highest BCUT2D eigenvalue weighted by atomic mass is 19.1. The van der Waals surface area contributed by atoms with Gasteiger partial charge in [-0.15, -0.1) is 0 Å². The Kier molecular flexibility index (Phi) is 5.06. The van der Waals surface area contributed by atoms with Gasteiger partial charge in [-0.25, -0.2) is 13.8 Å². The first kappa shape index (κ1) is 20.4. The Morgan fingerprint density at radius 3 is 2.48 bits per heavy atom. The summed E-state index contributed by atoms with van der Waals surface area (Å²) in [4.78, 5) is 13.0. The van der Waals surface area contributed by atoms with Crippen LogP contribution >= 0.6 is 0 Å². The molecule has 0 aliphatic rings. The minimum atomic E-state index is -0.503. The second kappa shape index (κ2) is 8.19. The summed E-state index contributed by atoms with van der Waals surface area (Å²) in [5.41, 5.74) is 2.55. The first-order valence-corrected chi connectivity index (χ1v) is 10.1. The van der Waals surface area contributed by atoms with Gasteiger partial charge in [-0.2, -0.15) is 15.3 Å². The van der Waals surface area contributed by atoms with E-state index in [0.717, 1.165) is 11.3 Å². The molecule has 0 bridgehead atoms. The molecule has 5 rings (SSSR count). The van der Waals surface area contributed by atoms with Crippen molar-refractivity contribution in [3.8, 4) is 39.6 Å². The molecule has 2 aromatic carbocycles. The SMILES string of the molecule is COc1cn(-c2ccc(-c3cnn(C)c3)cc2F)nc(-c2ccnn2-c2ccccc2)c1=O. The summed E-state index contributed by atoms with van der Waals surface area (Å²) in [5.74, 6) is -0.464. The van der Waals surface area contributed by atoms with Gasteiger partial charge < -0.3 is 4.74 Å². The van der Waals surface area contributed by atoms with E-state index in [1.807, 2.05) is 30.3 Å². The van der Waals surface area contributed by atoms with Crippen LogP contribution in [0.4, 0.5) is 4.39 Å². The van der Waals surface area contributed by atoms with Gasteiger partial charge in [0, 0.05) is 18.8 Å². The van der Waals surface area contributed by atoms with Crippen LogP contribution in [-0.4, -0.2) is 36.5 Å². The molecule has 0 unspecified atom stereocenters. The zero-order chi connectivity index (χ0) is 22.9. The molecule has 0 saturated carbocycles. The number of aryl methyl sites for hydroxylation is 1. The number of methoxy groups -OCH3 is 1. The Bertz CT molecular complexity index is 1500. The summed E-state index contributed by atoms with van der Waals surface area (Å²) in [6, 6.07) is 15.8. The molecule has 0 atom stereocenters. The number of aromatic nitrogens is 6. The maximum atomic E-state index is 15.2. The normalized spacial score (nSPS) is 11.0. The van der Waals surface area contributed by atoms with Crippen molar-refractivity contribution in [1.82, 2.24) is 29.3 Å². The summed E-state index contributed by atoms with van der Waals surface area (Å²) >= 11 is 0. The lowest BCUT2D eigenvalue weighted by molar-refractivity contribution is 0.405. The molecular weight excluding hydrogens is 423 g/mol. The lowest BCUT2D eigenvalue weighted by Crippen LogP contribution is -2.18. The fourth-order valence-electron chi connectivity index (χ4n) is 3.60. The van der Waals surface area contributed by atoms with Crippen molar-refractivity contribution in [2.45, 2.75) is 0 Å². The summed E-state index contributed by atoms with van der Waals surface area (Å²) in [6.45, 7) is 0. The number of para-hydroxylation sites is 1. The molecule has 0 saturated heterocycles. The van der Waals surface area contributed by atoms with Crippen molar-refractivity contribution in [3.05, 3.63) is 95.4 Å². The van der Waals surface area contributed by atoms with Crippen molar-refractivity contribution in [2.75, 3.05) is 7.11 Å². The van der Waals surface area contributed by atoms with Gasteiger partial charge in [-0.05, 0) is 35.9 Å². The van der Waals surface area contributed by atoms with Crippen molar-refractivity contribution >= 4 is 0 Å². The standard InChI is InChI=1S/C24H19FN6O2/c1-29-14-17(13-27-29)16-8-9-20(19(25)12-16)30-15-22(33-2)24(32)23(28-30)21-10-11-26-31(21)18-6-4-3-5-7-18/h3-15H,1-2H3. The predicted octanol–water partition coefficient (Wildman–Crippen LogP) is 3.63. The maximum Gasteiger partial charge on any atom is 0.251 e. The van der Waals surface area contributed by atoms with Crippen LogP contribution in [0.1, 0.15) is 0 Å². The number of nitrogens with zero attached hydrogens (tertiary/aromatic N) is 6. The molecule has 9 heteroatoms. The van der Waals surface area contributed by atoms with E-state index in [9.17, 15) is 4.79 Å². The molecular formula is C24H19FN6O2. The minimum absolute atomic E-state index is 0.0385. The molecule has 0 spiro atoms. The van der Waals surface area contributed by atoms with Gasteiger partial charge in [0.15, 0.2) is 11.4 Å². The molecule has 5 aromatic rings. The maximum absolute atomic E-state index is 15.2. The first-order valence-electron chi connectivity index (χ1n) is 10.1. The highest BCUT2D eigenvalue weighted by Gasteiger charge is 2.19. The molecule has 0 aliphatic heterocycles. The van der Waals surface area contributed by atoms with Gasteiger partial charge in [0.1, 0.15) is 11.5 Å². The quantitative estimate of drug-likeness (QED) is 0.415. The van der Waals surface area contributed by atoms with E-state index in [4.69, 9.17) is 4.74 Å². The highest BCUT2D eigenvalue weighted by molar-refractivity contribution is 5.64. The Morgan fingerprint density at radius 2 is 1.79 bits per heavy atom. The van der Waals surface area contributed by atoms with Gasteiger partial charge in [-0.3, -0.25) is 9.48 Å². The fourth-order valence-corrected chi connectivity index (χ4v) is 3.60. The molecule has 164 valence electrons. The van der Waals surface area contributed by atoms with Crippen molar-refractivity contribution in [3.63, 3.8) is 0 Å². The lowest BCUT2D eigenvalue weighted by Gasteiger charge is -2.13. The molecule has 0 amide bonds. The summed E-state index contributed by atoms with van der Waals surface area (Å²) < 4.78 is 25.0. The smallest absolute Gasteiger partial charge is 0.251 e. The van der Waals surface area contributed by atoms with Gasteiger partial charge in [0.25, 0.3) is 5.43 Å². The van der Waals surface area contributed by atoms with Gasteiger partial charge in [-0.1, -0.05) is 24.3 Å². The molecule has 3 aromatic heterocycles. The first-order chi connectivity index (χ1) is 16.0. The molecule has 0 N–H and O–H groups in total. The van der Waals surface area contributed by atoms with Crippen LogP contribution in [0.25, 0.3) is 33.9 Å². The zero-order valence-corrected chi connectivity index (χ0v) is 17.9. The van der Waals surface area contributed by atoms with Crippen LogP contribution in [-0.2, 0) is 7.05 Å². The third-order valence-electron chi connectivity index (χ3n) is 5.22. The van der Waals surface area contributed by atoms with Crippen LogP contribution < -0.4 is 10.2 Å². The minimum Gasteiger partial charge on any atom is -0.491 e. The number of hydrogen-bond acceptors (Lipinski definition) is 5. The third-order valence-corrected chi connectivity index (χ3v) is 5.22. The second-order valence-electron chi connectivity index (χ2n) is 7.35. The van der Waals surface area contributed by atoms with Gasteiger partial charge in [0.2, 0.25) is 0 Å². The van der Waals surface area contributed by atoms with Crippen LogP contribution in [0.3, 0.4) is 0 Å². The molecule has 0 fully saturated rings. The summed E-state index contributed by atoms with van der Waals surface area (Å²) in [5, 5.41) is 12.9. The van der Waals surface area contributed by atoms with Crippen molar-refractivity contribution < 1.29 is 9.13 Å². The number of rotatable bonds is 5. The second-order valence-corrected chi connectivity index (χ2v) is 7.35. The molecule has 0 aliphatic carbocycles. The summed E-state index contributed by atoms with van der Waals surface area (Å²) in [7, 11) is 3.19. The van der Waals surface area contributed by atoms with Crippen molar-refractivity contribution in [1.29, 1.82) is 0 Å². The van der Waals surface area contributed by atoms with Crippen LogP contribution in [0.2, 0.25) is 0 Å². The predicted molar refractivity (Wildman–Crippen MR) is 121 cm³/mol. The van der Waals surface area contributed by atoms with E-state index < -0.39 is 11.2 Å². The van der Waals surface area contributed by atoms with E-state index in [-0.39, 0.29) is 17.1 Å². The number of halogens is 1. The average molecular weight is 442 g/mol. The van der Waals surface area contributed by atoms with Gasteiger partial charge in [0.05, 0.1) is 37.1 Å². The van der Waals surface area contributed by atoms with Crippen LogP contribution in [0, 0.1) is 5.82 Å². The van der Waals surface area contributed by atoms with Gasteiger partial charge >= 0.3 is 0 Å². The van der Waals surface area contributed by atoms with E-state index in [2.05, 4.69) is 15.3 Å². The monoisotopic (exact) mass is 442 g/mol. The number of ether oxygens (including phenoxy) is 1. The fraction of sp³-hybridized carbons (Fsp3) is 0.0833. The van der Waals surface area contributed by atoms with E-state index >= 15 is 4.39 Å². The number of hydrogen-bond donors (Lipinski definition) is 0. The third kappa shape index (κ3) is 3.69. The average Bonchev–Trinajstić information content (AvgIpc) is 3.49. The Balaban J connectivity index is 1.64. The lowest BCUT2D eigenvalue weighted by atomic mass is 10.1. The van der Waals surface area contributed by atoms with E-state index in [1.165, 1.54) is 24.1 Å². The topological polar surface area (TPSA) is 79.8 Å². The number of benzene rings is 2. The molecule has 0 radical (unpaired) electrons. The summed E-state index contributed by atoms with van der Waals surface area (Å²) in [6.07, 6.45) is 6.42. The van der Waals surface area contributed by atoms with E-state index in [0.29, 0.717) is 11.3 Å². The van der Waals surface area contributed by atoms with Crippen LogP contribution in [0.15, 0.2) is 84.2 Å². The Labute approximate surface area is 188 Å². The van der Waals surface area contributed by atoms with Crippen molar-refractivity contribution in [2.24, 2.45) is 7.05 Å². The Hall–Kier alpha value is -4.53. The largest absolute Gasteiger partial charge is 0.491 e. The van der Waals surface area contributed by atoms with Crippen LogP contribution in [0.5, 0.6) is 5.75 Å². The molecule has 33 heavy (non-hydrogen) atoms. The van der Waals surface area contributed by atoms with E-state index in [1.54, 1.807) is 53.2 Å². The molecule has 8 nitrogen and oxygen atoms in total.